The third-order valence-electron chi connectivity index (χ3n) is 3.61. The molecule has 6 nitrogen and oxygen atoms in total. The summed E-state index contributed by atoms with van der Waals surface area (Å²) < 4.78 is 0. The van der Waals surface area contributed by atoms with E-state index in [9.17, 15) is 9.59 Å². The minimum Gasteiger partial charge on any atom is -0.330 e. The number of anilines is 1. The fraction of sp³-hybridized carbons (Fsp3) is 0.333. The van der Waals surface area contributed by atoms with Gasteiger partial charge in [0.2, 0.25) is 5.91 Å². The Morgan fingerprint density at radius 2 is 2.14 bits per heavy atom. The molecule has 1 atom stereocenters. The van der Waals surface area contributed by atoms with Crippen LogP contribution < -0.4 is 5.32 Å². The number of carbonyl (C=O) groups excluding carboxylic acids is 2. The van der Waals surface area contributed by atoms with Gasteiger partial charge in [0.05, 0.1) is 6.04 Å². The summed E-state index contributed by atoms with van der Waals surface area (Å²) >= 11 is 1.26. The molecule has 0 aliphatic carbocycles. The molecule has 2 aromatic rings. The van der Waals surface area contributed by atoms with Crippen molar-refractivity contribution in [1.82, 2.24) is 14.9 Å². The summed E-state index contributed by atoms with van der Waals surface area (Å²) in [7, 11) is 0. The quantitative estimate of drug-likeness (QED) is 0.944. The van der Waals surface area contributed by atoms with Crippen LogP contribution in [-0.4, -0.2) is 33.2 Å². The fourth-order valence-corrected chi connectivity index (χ4v) is 3.40. The van der Waals surface area contributed by atoms with Crippen LogP contribution in [0.4, 0.5) is 5.13 Å². The number of rotatable bonds is 3. The molecule has 1 aliphatic rings. The van der Waals surface area contributed by atoms with Crippen molar-refractivity contribution in [2.45, 2.75) is 25.8 Å². The van der Waals surface area contributed by atoms with Crippen LogP contribution in [0.3, 0.4) is 0 Å². The monoisotopic (exact) mass is 316 g/mol. The third kappa shape index (κ3) is 2.99. The van der Waals surface area contributed by atoms with E-state index in [4.69, 9.17) is 0 Å². The first-order valence-corrected chi connectivity index (χ1v) is 7.97. The molecule has 2 amide bonds. The predicted octanol–water partition coefficient (Wildman–Crippen LogP) is 2.47. The van der Waals surface area contributed by atoms with E-state index in [0.29, 0.717) is 10.8 Å². The molecule has 0 spiro atoms. The second-order valence-corrected chi connectivity index (χ2v) is 6.01. The van der Waals surface area contributed by atoms with E-state index in [1.807, 2.05) is 17.0 Å². The van der Waals surface area contributed by atoms with E-state index in [1.54, 1.807) is 17.8 Å². The Balaban J connectivity index is 1.79. The number of hydrogen-bond donors (Lipinski definition) is 1. The number of amides is 2. The minimum atomic E-state index is -0.191. The molecule has 1 N–H and O–H groups in total. The van der Waals surface area contributed by atoms with Gasteiger partial charge >= 0.3 is 0 Å². The maximum atomic E-state index is 12.7. The number of hydrogen-bond acceptors (Lipinski definition) is 5. The maximum Gasteiger partial charge on any atom is 0.273 e. The van der Waals surface area contributed by atoms with Gasteiger partial charge < -0.3 is 10.2 Å². The van der Waals surface area contributed by atoms with Crippen molar-refractivity contribution in [2.75, 3.05) is 11.9 Å². The van der Waals surface area contributed by atoms with E-state index in [2.05, 4.69) is 15.3 Å². The van der Waals surface area contributed by atoms with Crippen LogP contribution in [0.2, 0.25) is 0 Å². The number of nitrogens with zero attached hydrogens (tertiary/aromatic N) is 3. The van der Waals surface area contributed by atoms with Crippen LogP contribution in [-0.2, 0) is 4.79 Å². The van der Waals surface area contributed by atoms with Crippen molar-refractivity contribution in [3.63, 3.8) is 0 Å². The summed E-state index contributed by atoms with van der Waals surface area (Å²) in [4.78, 5) is 33.8. The number of thiazole rings is 1. The minimum absolute atomic E-state index is 0.0708. The summed E-state index contributed by atoms with van der Waals surface area (Å²) in [6.07, 6.45) is 5.40. The first-order chi connectivity index (χ1) is 10.6. The van der Waals surface area contributed by atoms with Gasteiger partial charge in [0.25, 0.3) is 5.91 Å². The molecule has 0 bridgehead atoms. The Hall–Kier alpha value is -2.28. The first-order valence-electron chi connectivity index (χ1n) is 7.09. The molecular formula is C15H16N4O2S. The highest BCUT2D eigenvalue weighted by Crippen LogP contribution is 2.33. The zero-order valence-corrected chi connectivity index (χ0v) is 13.0. The zero-order valence-electron chi connectivity index (χ0n) is 12.2. The lowest BCUT2D eigenvalue weighted by molar-refractivity contribution is -0.114. The highest BCUT2D eigenvalue weighted by molar-refractivity contribution is 7.14. The maximum absolute atomic E-state index is 12.7. The van der Waals surface area contributed by atoms with Gasteiger partial charge in [-0.15, -0.1) is 11.3 Å². The van der Waals surface area contributed by atoms with Crippen LogP contribution in [0.15, 0.2) is 29.9 Å². The molecule has 0 aromatic carbocycles. The largest absolute Gasteiger partial charge is 0.330 e. The summed E-state index contributed by atoms with van der Waals surface area (Å²) in [6, 6.07) is 3.96. The number of pyridine rings is 1. The highest BCUT2D eigenvalue weighted by Gasteiger charge is 2.31. The number of carbonyl (C=O) groups is 2. The van der Waals surface area contributed by atoms with E-state index in [-0.39, 0.29) is 17.9 Å². The van der Waals surface area contributed by atoms with Gasteiger partial charge in [0, 0.05) is 31.2 Å². The smallest absolute Gasteiger partial charge is 0.273 e. The summed E-state index contributed by atoms with van der Waals surface area (Å²) in [5, 5.41) is 4.75. The number of aromatic nitrogens is 2. The van der Waals surface area contributed by atoms with Gasteiger partial charge in [-0.3, -0.25) is 14.6 Å². The summed E-state index contributed by atoms with van der Waals surface area (Å²) in [5.74, 6) is -0.281. The molecule has 22 heavy (non-hydrogen) atoms. The Bertz CT molecular complexity index is 686. The van der Waals surface area contributed by atoms with Crippen LogP contribution in [0, 0.1) is 0 Å². The third-order valence-corrected chi connectivity index (χ3v) is 4.37. The van der Waals surface area contributed by atoms with Crippen LogP contribution in [0.1, 0.15) is 41.9 Å². The lowest BCUT2D eigenvalue weighted by Gasteiger charge is -2.24. The van der Waals surface area contributed by atoms with Crippen molar-refractivity contribution in [3.8, 4) is 0 Å². The summed E-state index contributed by atoms with van der Waals surface area (Å²) in [5.41, 5.74) is 1.48. The molecule has 1 saturated heterocycles. The van der Waals surface area contributed by atoms with Crippen molar-refractivity contribution < 1.29 is 9.59 Å². The van der Waals surface area contributed by atoms with Crippen LogP contribution >= 0.6 is 11.3 Å². The predicted molar refractivity (Wildman–Crippen MR) is 83.7 cm³/mol. The normalized spacial score (nSPS) is 17.5. The molecule has 3 heterocycles. The number of likely N-dealkylation sites (tertiary alicyclic amines) is 1. The average molecular weight is 316 g/mol. The van der Waals surface area contributed by atoms with Crippen molar-refractivity contribution >= 4 is 28.3 Å². The zero-order chi connectivity index (χ0) is 15.5. The Kier molecular flexibility index (Phi) is 4.15. The number of nitrogens with one attached hydrogen (secondary N) is 1. The molecule has 2 aromatic heterocycles. The standard InChI is InChI=1S/C15H16N4O2S/c1-10(20)17-15-18-12(9-22-15)14(21)19-8-2-3-13(19)11-4-6-16-7-5-11/h4-7,9,13H,2-3,8H2,1H3,(H,17,18,20). The van der Waals surface area contributed by atoms with Gasteiger partial charge in [0.15, 0.2) is 5.13 Å². The Morgan fingerprint density at radius 1 is 1.36 bits per heavy atom. The van der Waals surface area contributed by atoms with Gasteiger partial charge in [-0.05, 0) is 30.5 Å². The van der Waals surface area contributed by atoms with E-state index < -0.39 is 0 Å². The highest BCUT2D eigenvalue weighted by atomic mass is 32.1. The van der Waals surface area contributed by atoms with Gasteiger partial charge in [-0.25, -0.2) is 4.98 Å². The molecule has 1 unspecified atom stereocenters. The van der Waals surface area contributed by atoms with Gasteiger partial charge in [0.1, 0.15) is 5.69 Å². The average Bonchev–Trinajstić information content (AvgIpc) is 3.16. The van der Waals surface area contributed by atoms with Gasteiger partial charge in [-0.1, -0.05) is 0 Å². The lowest BCUT2D eigenvalue weighted by Crippen LogP contribution is -2.30. The van der Waals surface area contributed by atoms with E-state index in [1.165, 1.54) is 18.3 Å². The summed E-state index contributed by atoms with van der Waals surface area (Å²) in [6.45, 7) is 2.14. The Labute approximate surface area is 132 Å². The molecule has 1 fully saturated rings. The topological polar surface area (TPSA) is 75.2 Å². The van der Waals surface area contributed by atoms with Crippen molar-refractivity contribution in [3.05, 3.63) is 41.2 Å². The van der Waals surface area contributed by atoms with Gasteiger partial charge in [-0.2, -0.15) is 0 Å². The molecule has 0 radical (unpaired) electrons. The fourth-order valence-electron chi connectivity index (χ4n) is 2.67. The molecule has 0 saturated carbocycles. The molecule has 114 valence electrons. The van der Waals surface area contributed by atoms with Crippen LogP contribution in [0.5, 0.6) is 0 Å². The van der Waals surface area contributed by atoms with Crippen molar-refractivity contribution in [1.29, 1.82) is 0 Å². The van der Waals surface area contributed by atoms with Crippen LogP contribution in [0.25, 0.3) is 0 Å². The molecule has 7 heteroatoms. The molecule has 3 rings (SSSR count). The molecule has 1 aliphatic heterocycles. The molecular weight excluding hydrogens is 300 g/mol. The second kappa shape index (κ2) is 6.23. The van der Waals surface area contributed by atoms with E-state index in [0.717, 1.165) is 24.9 Å². The Morgan fingerprint density at radius 3 is 2.86 bits per heavy atom. The van der Waals surface area contributed by atoms with E-state index >= 15 is 0 Å². The second-order valence-electron chi connectivity index (χ2n) is 5.16. The first kappa shape index (κ1) is 14.6. The lowest BCUT2D eigenvalue weighted by atomic mass is 10.1. The van der Waals surface area contributed by atoms with Crippen molar-refractivity contribution in [2.24, 2.45) is 0 Å². The SMILES string of the molecule is CC(=O)Nc1nc(C(=O)N2CCCC2c2ccncc2)cs1.